The topological polar surface area (TPSA) is 34.1 Å². The molecule has 2 nitrogen and oxygen atoms in total. The molecule has 226 valence electrons. The summed E-state index contributed by atoms with van der Waals surface area (Å²) in [6.07, 6.45) is 0. The summed E-state index contributed by atoms with van der Waals surface area (Å²) in [5, 5.41) is 0. The molecule has 2 heteroatoms. The first-order chi connectivity index (χ1) is 23.5. The number of carbonyl (C=O) groups excluding carboxylic acids is 2. The molecule has 0 fully saturated rings. The molecule has 0 heterocycles. The first-order valence-corrected chi connectivity index (χ1v) is 16.1. The number of hydrogen-bond acceptors (Lipinski definition) is 2. The Morgan fingerprint density at radius 3 is 1.42 bits per heavy atom. The van der Waals surface area contributed by atoms with E-state index >= 15 is 4.79 Å². The van der Waals surface area contributed by atoms with Gasteiger partial charge in [-0.05, 0) is 75.4 Å². The predicted molar refractivity (Wildman–Crippen MR) is 193 cm³/mol. The van der Waals surface area contributed by atoms with Crippen molar-refractivity contribution in [3.05, 3.63) is 201 Å². The van der Waals surface area contributed by atoms with E-state index in [9.17, 15) is 4.79 Å². The Hall–Kier alpha value is -6.26. The number of hydrogen-bond donors (Lipinski definition) is 0. The highest BCUT2D eigenvalue weighted by Gasteiger charge is 2.48. The summed E-state index contributed by atoms with van der Waals surface area (Å²) in [4.78, 5) is 29.2. The van der Waals surface area contributed by atoms with Crippen molar-refractivity contribution >= 4 is 17.1 Å². The van der Waals surface area contributed by atoms with Crippen LogP contribution in [0.1, 0.15) is 54.1 Å². The molecular formula is C46H30O2. The second-order valence-electron chi connectivity index (χ2n) is 12.3. The van der Waals surface area contributed by atoms with Crippen LogP contribution in [0.15, 0.2) is 157 Å². The van der Waals surface area contributed by atoms with E-state index in [4.69, 9.17) is 0 Å². The molecule has 0 amide bonds. The average molecular weight is 615 g/mol. The van der Waals surface area contributed by atoms with Crippen molar-refractivity contribution in [3.63, 3.8) is 0 Å². The standard InChI is InChI=1S/C46H30O2/c1-30-15-3-5-17-32(30)44(47)27-28-46(41-25-13-11-23-38(41)39-24-12-14-26-42(39)46)43(45(48)33-18-6-4-16-31(33)2)29-40-36-21-9-7-19-34(36)35-20-8-10-22-37(35)40/h3-26H,1-2H3. The summed E-state index contributed by atoms with van der Waals surface area (Å²) in [5.74, 6) is 6.08. The lowest BCUT2D eigenvalue weighted by Gasteiger charge is -2.28. The second-order valence-corrected chi connectivity index (χ2v) is 12.3. The number of ketones is 2. The van der Waals surface area contributed by atoms with Gasteiger partial charge >= 0.3 is 0 Å². The maximum absolute atomic E-state index is 15.3. The maximum atomic E-state index is 15.3. The molecular weight excluding hydrogens is 585 g/mol. The molecule has 6 aromatic rings. The fourth-order valence-electron chi connectivity index (χ4n) is 7.31. The lowest BCUT2D eigenvalue weighted by Crippen LogP contribution is -2.31. The van der Waals surface area contributed by atoms with Gasteiger partial charge in [-0.3, -0.25) is 9.59 Å². The van der Waals surface area contributed by atoms with Gasteiger partial charge in [0, 0.05) is 16.7 Å². The van der Waals surface area contributed by atoms with E-state index in [1.807, 2.05) is 117 Å². The van der Waals surface area contributed by atoms with Gasteiger partial charge in [-0.1, -0.05) is 152 Å². The van der Waals surface area contributed by atoms with Crippen molar-refractivity contribution in [1.82, 2.24) is 0 Å². The lowest BCUT2D eigenvalue weighted by molar-refractivity contribution is 0.102. The number of carbonyl (C=O) groups is 2. The third kappa shape index (κ3) is 4.45. The molecule has 48 heavy (non-hydrogen) atoms. The van der Waals surface area contributed by atoms with E-state index in [-0.39, 0.29) is 11.6 Å². The number of allylic oxidation sites excluding steroid dienone is 1. The molecule has 6 aromatic carbocycles. The van der Waals surface area contributed by atoms with Crippen LogP contribution in [0.25, 0.3) is 27.8 Å². The minimum absolute atomic E-state index is 0.174. The Morgan fingerprint density at radius 1 is 0.479 bits per heavy atom. The zero-order valence-corrected chi connectivity index (χ0v) is 26.7. The van der Waals surface area contributed by atoms with Gasteiger partial charge in [-0.2, -0.15) is 0 Å². The minimum Gasteiger partial charge on any atom is -0.288 e. The third-order valence-corrected chi connectivity index (χ3v) is 9.63. The number of Topliss-reactive ketones (excluding diaryl/α,β-unsaturated/α-hetero) is 2. The van der Waals surface area contributed by atoms with E-state index < -0.39 is 5.41 Å². The molecule has 0 aliphatic heterocycles. The highest BCUT2D eigenvalue weighted by atomic mass is 16.1. The SMILES string of the molecule is Cc1ccccc1C(=O)C#CC1(C(=C=C2c3ccccc3-c3ccccc32)C(=O)c2ccccc2C)c2ccccc2-c2ccccc21. The Labute approximate surface area is 280 Å². The Bertz CT molecular complexity index is 2360. The molecule has 0 unspecified atom stereocenters. The van der Waals surface area contributed by atoms with Gasteiger partial charge in [0.1, 0.15) is 5.41 Å². The van der Waals surface area contributed by atoms with Crippen LogP contribution in [0, 0.1) is 25.7 Å². The number of rotatable bonds is 4. The van der Waals surface area contributed by atoms with Crippen LogP contribution in [0.5, 0.6) is 0 Å². The Balaban J connectivity index is 1.54. The van der Waals surface area contributed by atoms with Gasteiger partial charge in [-0.15, -0.1) is 5.73 Å². The molecule has 0 bridgehead atoms. The zero-order chi connectivity index (χ0) is 32.8. The first kappa shape index (κ1) is 29.2. The molecule has 8 rings (SSSR count). The summed E-state index contributed by atoms with van der Waals surface area (Å²) < 4.78 is 0. The van der Waals surface area contributed by atoms with E-state index in [0.29, 0.717) is 16.7 Å². The van der Waals surface area contributed by atoms with Gasteiger partial charge in [0.2, 0.25) is 5.78 Å². The predicted octanol–water partition coefficient (Wildman–Crippen LogP) is 9.98. The summed E-state index contributed by atoms with van der Waals surface area (Å²) in [5.41, 5.74) is 14.4. The summed E-state index contributed by atoms with van der Waals surface area (Å²) in [6, 6.07) is 47.8. The fraction of sp³-hybridized carbons (Fsp3) is 0.0652. The van der Waals surface area contributed by atoms with Crippen molar-refractivity contribution in [2.24, 2.45) is 0 Å². The highest BCUT2D eigenvalue weighted by molar-refractivity contribution is 6.16. The molecule has 2 aliphatic rings. The normalized spacial score (nSPS) is 12.8. The third-order valence-electron chi connectivity index (χ3n) is 9.63. The maximum Gasteiger partial charge on any atom is 0.236 e. The van der Waals surface area contributed by atoms with Gasteiger partial charge < -0.3 is 0 Å². The Kier molecular flexibility index (Phi) is 7.00. The smallest absolute Gasteiger partial charge is 0.236 e. The number of fused-ring (bicyclic) bond motifs is 6. The Morgan fingerprint density at radius 2 is 0.896 bits per heavy atom. The van der Waals surface area contributed by atoms with Crippen molar-refractivity contribution in [3.8, 4) is 34.1 Å². The zero-order valence-electron chi connectivity index (χ0n) is 26.7. The van der Waals surface area contributed by atoms with E-state index in [1.165, 1.54) is 0 Å². The monoisotopic (exact) mass is 614 g/mol. The molecule has 0 radical (unpaired) electrons. The quantitative estimate of drug-likeness (QED) is 0.0650. The van der Waals surface area contributed by atoms with Crippen LogP contribution in [0.3, 0.4) is 0 Å². The van der Waals surface area contributed by atoms with E-state index in [2.05, 4.69) is 54.0 Å². The van der Waals surface area contributed by atoms with Gasteiger partial charge in [0.15, 0.2) is 5.78 Å². The first-order valence-electron chi connectivity index (χ1n) is 16.1. The number of benzene rings is 6. The van der Waals surface area contributed by atoms with Crippen LogP contribution in [0.4, 0.5) is 0 Å². The summed E-state index contributed by atoms with van der Waals surface area (Å²) in [7, 11) is 0. The van der Waals surface area contributed by atoms with Gasteiger partial charge in [0.05, 0.1) is 5.57 Å². The van der Waals surface area contributed by atoms with Crippen molar-refractivity contribution < 1.29 is 9.59 Å². The van der Waals surface area contributed by atoms with Crippen LogP contribution in [-0.4, -0.2) is 11.6 Å². The van der Waals surface area contributed by atoms with Crippen molar-refractivity contribution in [2.75, 3.05) is 0 Å². The van der Waals surface area contributed by atoms with Crippen LogP contribution < -0.4 is 0 Å². The van der Waals surface area contributed by atoms with Gasteiger partial charge in [0.25, 0.3) is 0 Å². The van der Waals surface area contributed by atoms with Crippen LogP contribution >= 0.6 is 0 Å². The minimum atomic E-state index is -1.29. The van der Waals surface area contributed by atoms with Crippen molar-refractivity contribution in [2.45, 2.75) is 19.3 Å². The molecule has 0 aromatic heterocycles. The van der Waals surface area contributed by atoms with Crippen LogP contribution in [0.2, 0.25) is 0 Å². The summed E-state index contributed by atoms with van der Waals surface area (Å²) >= 11 is 0. The average Bonchev–Trinajstić information content (AvgIpc) is 3.60. The second kappa shape index (κ2) is 11.5. The highest BCUT2D eigenvalue weighted by Crippen LogP contribution is 2.54. The molecule has 0 saturated carbocycles. The molecule has 0 atom stereocenters. The number of aryl methyl sites for hydroxylation is 2. The van der Waals surface area contributed by atoms with Crippen molar-refractivity contribution in [1.29, 1.82) is 0 Å². The fourth-order valence-corrected chi connectivity index (χ4v) is 7.31. The molecule has 0 spiro atoms. The summed E-state index contributed by atoms with van der Waals surface area (Å²) in [6.45, 7) is 3.87. The van der Waals surface area contributed by atoms with E-state index in [1.54, 1.807) is 6.07 Å². The van der Waals surface area contributed by atoms with Crippen LogP contribution in [-0.2, 0) is 5.41 Å². The van der Waals surface area contributed by atoms with E-state index in [0.717, 1.165) is 61.2 Å². The lowest BCUT2D eigenvalue weighted by atomic mass is 9.69. The van der Waals surface area contributed by atoms with Gasteiger partial charge in [-0.25, -0.2) is 0 Å². The largest absolute Gasteiger partial charge is 0.288 e. The molecule has 0 saturated heterocycles. The molecule has 0 N–H and O–H groups in total. The molecule has 2 aliphatic carbocycles.